The molecule has 0 spiro atoms. The summed E-state index contributed by atoms with van der Waals surface area (Å²) in [5.74, 6) is 0.708. The summed E-state index contributed by atoms with van der Waals surface area (Å²) >= 11 is 0. The number of aromatic nitrogens is 3. The average Bonchev–Trinajstić information content (AvgIpc) is 2.99. The molecule has 0 aliphatic carbocycles. The van der Waals surface area contributed by atoms with Crippen LogP contribution in [0.5, 0.6) is 0 Å². The number of nitrogens with one attached hydrogen (secondary N) is 3. The molecule has 0 atom stereocenters. The molecule has 4 rings (SSSR count). The van der Waals surface area contributed by atoms with Crippen molar-refractivity contribution >= 4 is 34.2 Å². The van der Waals surface area contributed by atoms with Crippen LogP contribution in [0, 0.1) is 13.8 Å². The van der Waals surface area contributed by atoms with Crippen LogP contribution in [0.15, 0.2) is 57.9 Å². The van der Waals surface area contributed by atoms with Crippen molar-refractivity contribution in [2.45, 2.75) is 13.8 Å². The van der Waals surface area contributed by atoms with Gasteiger partial charge < -0.3 is 15.1 Å². The van der Waals surface area contributed by atoms with Crippen LogP contribution in [0.3, 0.4) is 0 Å². The highest BCUT2D eigenvalue weighted by atomic mass is 16.4. The highest BCUT2D eigenvalue weighted by Gasteiger charge is 2.07. The zero-order valence-corrected chi connectivity index (χ0v) is 14.3. The average molecular weight is 347 g/mol. The molecule has 0 saturated heterocycles. The van der Waals surface area contributed by atoms with Crippen molar-refractivity contribution in [2.24, 2.45) is 0 Å². The summed E-state index contributed by atoms with van der Waals surface area (Å²) in [5.41, 5.74) is 4.95. The van der Waals surface area contributed by atoms with E-state index < -0.39 is 5.76 Å². The number of oxazole rings is 1. The maximum absolute atomic E-state index is 11.3. The van der Waals surface area contributed by atoms with Gasteiger partial charge in [-0.15, -0.1) is 0 Å². The molecule has 0 fully saturated rings. The molecule has 0 bridgehead atoms. The van der Waals surface area contributed by atoms with Crippen LogP contribution in [0.1, 0.15) is 11.1 Å². The molecule has 2 aromatic carbocycles. The normalized spacial score (nSPS) is 10.8. The molecule has 0 aliphatic rings. The second-order valence-electron chi connectivity index (χ2n) is 6.07. The molecular formula is C19H17N5O2. The van der Waals surface area contributed by atoms with E-state index in [0.717, 1.165) is 16.9 Å². The van der Waals surface area contributed by atoms with Gasteiger partial charge in [0.05, 0.1) is 5.52 Å². The van der Waals surface area contributed by atoms with Crippen molar-refractivity contribution in [2.75, 3.05) is 10.6 Å². The maximum Gasteiger partial charge on any atom is 0.417 e. The zero-order chi connectivity index (χ0) is 18.1. The minimum Gasteiger partial charge on any atom is -0.408 e. The maximum atomic E-state index is 11.3. The summed E-state index contributed by atoms with van der Waals surface area (Å²) in [6.45, 7) is 3.97. The van der Waals surface area contributed by atoms with E-state index in [1.807, 2.05) is 44.2 Å². The van der Waals surface area contributed by atoms with E-state index in [1.165, 1.54) is 5.56 Å². The third kappa shape index (κ3) is 3.27. The van der Waals surface area contributed by atoms with Crippen LogP contribution >= 0.6 is 0 Å². The van der Waals surface area contributed by atoms with Crippen LogP contribution in [0.25, 0.3) is 11.1 Å². The second kappa shape index (κ2) is 6.36. The van der Waals surface area contributed by atoms with Gasteiger partial charge in [-0.1, -0.05) is 17.7 Å². The number of rotatable bonds is 4. The van der Waals surface area contributed by atoms with Gasteiger partial charge in [0, 0.05) is 23.1 Å². The van der Waals surface area contributed by atoms with Crippen LogP contribution in [-0.2, 0) is 0 Å². The number of nitrogens with zero attached hydrogens (tertiary/aromatic N) is 2. The number of hydrogen-bond acceptors (Lipinski definition) is 6. The summed E-state index contributed by atoms with van der Waals surface area (Å²) < 4.78 is 5.02. The molecule has 2 heterocycles. The molecule has 0 radical (unpaired) electrons. The van der Waals surface area contributed by atoms with Crippen LogP contribution in [-0.4, -0.2) is 15.0 Å². The summed E-state index contributed by atoms with van der Waals surface area (Å²) in [6.07, 6.45) is 1.75. The van der Waals surface area contributed by atoms with Gasteiger partial charge in [0.1, 0.15) is 5.82 Å². The second-order valence-corrected chi connectivity index (χ2v) is 6.07. The number of hydrogen-bond donors (Lipinski definition) is 3. The standard InChI is InChI=1S/C19H17N5O2/c1-11-3-5-13(6-4-11)22-18-20-10-12(2)17(24-18)21-14-7-8-16-15(9-14)23-19(25)26-16/h3-10H,1-2H3,(H,23,25)(H2,20,21,22,24). The summed E-state index contributed by atoms with van der Waals surface area (Å²) in [5, 5.41) is 6.45. The van der Waals surface area contributed by atoms with Crippen molar-refractivity contribution in [1.82, 2.24) is 15.0 Å². The molecule has 0 amide bonds. The van der Waals surface area contributed by atoms with Gasteiger partial charge in [0.25, 0.3) is 0 Å². The highest BCUT2D eigenvalue weighted by Crippen LogP contribution is 2.23. The lowest BCUT2D eigenvalue weighted by atomic mass is 10.2. The fourth-order valence-electron chi connectivity index (χ4n) is 2.56. The van der Waals surface area contributed by atoms with E-state index in [9.17, 15) is 4.79 Å². The fourth-order valence-corrected chi connectivity index (χ4v) is 2.56. The van der Waals surface area contributed by atoms with Crippen molar-refractivity contribution < 1.29 is 4.42 Å². The first-order chi connectivity index (χ1) is 12.6. The van der Waals surface area contributed by atoms with Gasteiger partial charge in [0.2, 0.25) is 5.95 Å². The van der Waals surface area contributed by atoms with E-state index >= 15 is 0 Å². The summed E-state index contributed by atoms with van der Waals surface area (Å²) in [6, 6.07) is 13.4. The van der Waals surface area contributed by atoms with E-state index in [-0.39, 0.29) is 0 Å². The first-order valence-corrected chi connectivity index (χ1v) is 8.14. The van der Waals surface area contributed by atoms with Gasteiger partial charge in [-0.05, 0) is 44.2 Å². The zero-order valence-electron chi connectivity index (χ0n) is 14.3. The Kier molecular flexibility index (Phi) is 3.89. The molecule has 4 aromatic rings. The smallest absolute Gasteiger partial charge is 0.408 e. The van der Waals surface area contributed by atoms with Gasteiger partial charge in [-0.25, -0.2) is 9.78 Å². The van der Waals surface area contributed by atoms with Crippen molar-refractivity contribution in [3.8, 4) is 0 Å². The first kappa shape index (κ1) is 15.9. The third-order valence-electron chi connectivity index (χ3n) is 3.96. The predicted octanol–water partition coefficient (Wildman–Crippen LogP) is 4.02. The number of benzene rings is 2. The Labute approximate surface area is 149 Å². The number of anilines is 4. The largest absolute Gasteiger partial charge is 0.417 e. The lowest BCUT2D eigenvalue weighted by molar-refractivity contribution is 0.555. The summed E-state index contributed by atoms with van der Waals surface area (Å²) in [4.78, 5) is 22.8. The van der Waals surface area contributed by atoms with Gasteiger partial charge >= 0.3 is 5.76 Å². The number of aromatic amines is 1. The minimum atomic E-state index is -0.472. The fraction of sp³-hybridized carbons (Fsp3) is 0.105. The molecule has 2 aromatic heterocycles. The topological polar surface area (TPSA) is 95.8 Å². The Morgan fingerprint density at radius 3 is 2.58 bits per heavy atom. The Morgan fingerprint density at radius 2 is 1.77 bits per heavy atom. The minimum absolute atomic E-state index is 0.472. The Hall–Kier alpha value is -3.61. The SMILES string of the molecule is Cc1ccc(Nc2ncc(C)c(Nc3ccc4oc(=O)[nH]c4c3)n2)cc1. The monoisotopic (exact) mass is 347 g/mol. The lowest BCUT2D eigenvalue weighted by Crippen LogP contribution is -2.02. The van der Waals surface area contributed by atoms with Crippen molar-refractivity contribution in [1.29, 1.82) is 0 Å². The molecule has 7 nitrogen and oxygen atoms in total. The van der Waals surface area contributed by atoms with Crippen molar-refractivity contribution in [3.05, 3.63) is 70.3 Å². The van der Waals surface area contributed by atoms with Crippen LogP contribution in [0.2, 0.25) is 0 Å². The van der Waals surface area contributed by atoms with E-state index in [0.29, 0.717) is 22.9 Å². The molecule has 7 heteroatoms. The third-order valence-corrected chi connectivity index (χ3v) is 3.96. The lowest BCUT2D eigenvalue weighted by Gasteiger charge is -2.11. The van der Waals surface area contributed by atoms with Crippen molar-refractivity contribution in [3.63, 3.8) is 0 Å². The highest BCUT2D eigenvalue weighted by molar-refractivity contribution is 5.78. The van der Waals surface area contributed by atoms with E-state index in [4.69, 9.17) is 4.42 Å². The number of aryl methyl sites for hydroxylation is 2. The molecular weight excluding hydrogens is 330 g/mol. The van der Waals surface area contributed by atoms with E-state index in [2.05, 4.69) is 25.6 Å². The first-order valence-electron chi connectivity index (χ1n) is 8.14. The molecule has 0 aliphatic heterocycles. The Bertz CT molecular complexity index is 1130. The molecule has 130 valence electrons. The Balaban J connectivity index is 1.60. The quantitative estimate of drug-likeness (QED) is 0.516. The Morgan fingerprint density at radius 1 is 1.00 bits per heavy atom. The molecule has 26 heavy (non-hydrogen) atoms. The molecule has 0 unspecified atom stereocenters. The molecule has 3 N–H and O–H groups in total. The molecule has 0 saturated carbocycles. The number of fused-ring (bicyclic) bond motifs is 1. The van der Waals surface area contributed by atoms with Gasteiger partial charge in [0.15, 0.2) is 5.58 Å². The van der Waals surface area contributed by atoms with Gasteiger partial charge in [-0.3, -0.25) is 4.98 Å². The van der Waals surface area contributed by atoms with E-state index in [1.54, 1.807) is 18.3 Å². The number of H-pyrrole nitrogens is 1. The van der Waals surface area contributed by atoms with Gasteiger partial charge in [-0.2, -0.15) is 4.98 Å². The predicted molar refractivity (Wildman–Crippen MR) is 101 cm³/mol. The van der Waals surface area contributed by atoms with Crippen LogP contribution < -0.4 is 16.4 Å². The van der Waals surface area contributed by atoms with Crippen LogP contribution in [0.4, 0.5) is 23.1 Å². The summed E-state index contributed by atoms with van der Waals surface area (Å²) in [7, 11) is 0.